The summed E-state index contributed by atoms with van der Waals surface area (Å²) in [4.78, 5) is 40.6. The van der Waals surface area contributed by atoms with Crippen molar-refractivity contribution in [2.24, 2.45) is 5.92 Å². The van der Waals surface area contributed by atoms with Gasteiger partial charge in [-0.1, -0.05) is 54.6 Å². The molecule has 2 N–H and O–H groups in total. The smallest absolute Gasteiger partial charge is 0.343 e. The first kappa shape index (κ1) is 32.2. The van der Waals surface area contributed by atoms with Gasteiger partial charge in [0, 0.05) is 18.8 Å². The lowest BCUT2D eigenvalue weighted by Crippen LogP contribution is -2.46. The van der Waals surface area contributed by atoms with Crippen molar-refractivity contribution in [3.05, 3.63) is 108 Å². The molecule has 0 radical (unpaired) electrons. The van der Waals surface area contributed by atoms with E-state index in [4.69, 9.17) is 0 Å². The van der Waals surface area contributed by atoms with E-state index in [9.17, 15) is 36.0 Å². The van der Waals surface area contributed by atoms with Crippen LogP contribution in [0.1, 0.15) is 35.3 Å². The monoisotopic (exact) mass is 625 g/mol. The number of nitrogens with one attached hydrogen (secondary N) is 2. The third-order valence-electron chi connectivity index (χ3n) is 7.08. The lowest BCUT2D eigenvalue weighted by molar-refractivity contribution is -0.141. The lowest BCUT2D eigenvalue weighted by atomic mass is 9.97. The Kier molecular flexibility index (Phi) is 9.73. The van der Waals surface area contributed by atoms with Gasteiger partial charge in [-0.15, -0.1) is 0 Å². The molecule has 230 valence electrons. The van der Waals surface area contributed by atoms with Crippen LogP contribution in [0.3, 0.4) is 0 Å². The molecule has 4 aromatic carbocycles. The molecule has 4 aromatic rings. The fraction of sp³-hybridized carbons (Fsp3) is 0.219. The molecule has 3 amide bonds. The van der Waals surface area contributed by atoms with Gasteiger partial charge < -0.3 is 10.2 Å². The molecule has 1 atom stereocenters. The summed E-state index contributed by atoms with van der Waals surface area (Å²) in [5.41, 5.74) is -0.970. The number of nitrogens with zero attached hydrogens (tertiary/aromatic N) is 1. The van der Waals surface area contributed by atoms with E-state index in [2.05, 4.69) is 10.0 Å². The van der Waals surface area contributed by atoms with Gasteiger partial charge in [0.15, 0.2) is 0 Å². The number of sulfonamides is 1. The SMILES string of the molecule is CCN(CC)C(=O)C(Cc1ccc(NC(=O)c2ccccc2C(F)(F)F)cc1)C(=O)NS(=O)(=O)c1ccc2ccccc2c1. The van der Waals surface area contributed by atoms with Gasteiger partial charge in [0.05, 0.1) is 16.0 Å². The number of carbonyl (C=O) groups excluding carboxylic acids is 3. The number of amides is 3. The highest BCUT2D eigenvalue weighted by Crippen LogP contribution is 2.32. The molecule has 44 heavy (non-hydrogen) atoms. The van der Waals surface area contributed by atoms with Gasteiger partial charge in [0.2, 0.25) is 11.8 Å². The fourth-order valence-corrected chi connectivity index (χ4v) is 5.79. The summed E-state index contributed by atoms with van der Waals surface area (Å²) in [5.74, 6) is -3.93. The molecule has 0 saturated heterocycles. The maximum absolute atomic E-state index is 13.4. The van der Waals surface area contributed by atoms with E-state index >= 15 is 0 Å². The summed E-state index contributed by atoms with van der Waals surface area (Å²) in [7, 11) is -4.32. The second-order valence-corrected chi connectivity index (χ2v) is 11.6. The minimum absolute atomic E-state index is 0.134. The van der Waals surface area contributed by atoms with Crippen LogP contribution in [0.4, 0.5) is 18.9 Å². The van der Waals surface area contributed by atoms with Gasteiger partial charge in [0.1, 0.15) is 5.92 Å². The van der Waals surface area contributed by atoms with Gasteiger partial charge in [-0.3, -0.25) is 14.4 Å². The first-order valence-corrected chi connectivity index (χ1v) is 15.2. The van der Waals surface area contributed by atoms with Crippen molar-refractivity contribution in [3.8, 4) is 0 Å². The number of fused-ring (bicyclic) bond motifs is 1. The zero-order valence-electron chi connectivity index (χ0n) is 23.9. The van der Waals surface area contributed by atoms with Crippen LogP contribution in [0.2, 0.25) is 0 Å². The number of alkyl halides is 3. The summed E-state index contributed by atoms with van der Waals surface area (Å²) >= 11 is 0. The number of benzene rings is 4. The predicted molar refractivity (Wildman–Crippen MR) is 160 cm³/mol. The number of rotatable bonds is 10. The van der Waals surface area contributed by atoms with E-state index in [-0.39, 0.29) is 17.0 Å². The molecule has 8 nitrogen and oxygen atoms in total. The first-order valence-electron chi connectivity index (χ1n) is 13.7. The fourth-order valence-electron chi connectivity index (χ4n) is 4.73. The average Bonchev–Trinajstić information content (AvgIpc) is 3.00. The number of hydrogen-bond donors (Lipinski definition) is 2. The summed E-state index contributed by atoms with van der Waals surface area (Å²) in [6.45, 7) is 4.05. The average molecular weight is 626 g/mol. The molecule has 0 saturated carbocycles. The Morgan fingerprint density at radius 3 is 2.07 bits per heavy atom. The van der Waals surface area contributed by atoms with Gasteiger partial charge in [-0.05, 0) is 73.0 Å². The van der Waals surface area contributed by atoms with Crippen LogP contribution < -0.4 is 10.0 Å². The minimum atomic E-state index is -4.72. The Balaban J connectivity index is 1.54. The molecule has 0 heterocycles. The van der Waals surface area contributed by atoms with Crippen molar-refractivity contribution in [1.29, 1.82) is 0 Å². The van der Waals surface area contributed by atoms with Crippen LogP contribution in [-0.4, -0.2) is 44.1 Å². The van der Waals surface area contributed by atoms with Crippen LogP contribution in [0.5, 0.6) is 0 Å². The third-order valence-corrected chi connectivity index (χ3v) is 8.43. The zero-order valence-corrected chi connectivity index (χ0v) is 24.7. The van der Waals surface area contributed by atoms with Gasteiger partial charge in [0.25, 0.3) is 15.9 Å². The maximum Gasteiger partial charge on any atom is 0.417 e. The first-order chi connectivity index (χ1) is 20.8. The Morgan fingerprint density at radius 2 is 1.43 bits per heavy atom. The standard InChI is InChI=1S/C32H30F3N3O5S/c1-3-38(4-2)31(41)27(30(40)37-44(42,43)25-18-15-22-9-5-6-10-23(22)20-25)19-21-13-16-24(17-14-21)36-29(39)26-11-7-8-12-28(26)32(33,34)35/h5-18,20,27H,3-4,19H2,1-2H3,(H,36,39)(H,37,40). The number of halogens is 3. The van der Waals surface area contributed by atoms with E-state index in [1.54, 1.807) is 32.0 Å². The van der Waals surface area contributed by atoms with Crippen LogP contribution in [0.15, 0.2) is 95.9 Å². The van der Waals surface area contributed by atoms with Crippen LogP contribution >= 0.6 is 0 Å². The van der Waals surface area contributed by atoms with E-state index < -0.39 is 51.0 Å². The van der Waals surface area contributed by atoms with Crippen LogP contribution in [-0.2, 0) is 32.2 Å². The highest BCUT2D eigenvalue weighted by Gasteiger charge is 2.35. The van der Waals surface area contributed by atoms with E-state index in [0.29, 0.717) is 24.0 Å². The third kappa shape index (κ3) is 7.43. The van der Waals surface area contributed by atoms with Crippen molar-refractivity contribution in [2.75, 3.05) is 18.4 Å². The summed E-state index contributed by atoms with van der Waals surface area (Å²) in [5, 5.41) is 3.90. The number of carbonyl (C=O) groups is 3. The van der Waals surface area contributed by atoms with Crippen molar-refractivity contribution in [2.45, 2.75) is 31.3 Å². The van der Waals surface area contributed by atoms with Crippen molar-refractivity contribution in [3.63, 3.8) is 0 Å². The van der Waals surface area contributed by atoms with E-state index in [1.807, 2.05) is 12.1 Å². The zero-order chi connectivity index (χ0) is 32.1. The Morgan fingerprint density at radius 1 is 0.818 bits per heavy atom. The molecule has 0 aromatic heterocycles. The van der Waals surface area contributed by atoms with Crippen molar-refractivity contribution < 1.29 is 36.0 Å². The highest BCUT2D eigenvalue weighted by molar-refractivity contribution is 7.90. The molecule has 1 unspecified atom stereocenters. The molecule has 0 aliphatic carbocycles. The van der Waals surface area contributed by atoms with Gasteiger partial charge >= 0.3 is 6.18 Å². The minimum Gasteiger partial charge on any atom is -0.343 e. The number of anilines is 1. The molecule has 0 fully saturated rings. The molecule has 0 aliphatic rings. The molecule has 0 bridgehead atoms. The second kappa shape index (κ2) is 13.3. The van der Waals surface area contributed by atoms with Crippen LogP contribution in [0.25, 0.3) is 10.8 Å². The molecule has 4 rings (SSSR count). The summed E-state index contributed by atoms with van der Waals surface area (Å²) in [6.07, 6.45) is -4.88. The van der Waals surface area contributed by atoms with Crippen molar-refractivity contribution >= 4 is 44.2 Å². The second-order valence-electron chi connectivity index (χ2n) is 9.94. The molecular weight excluding hydrogens is 595 g/mol. The molecule has 12 heteroatoms. The van der Waals surface area contributed by atoms with Crippen LogP contribution in [0, 0.1) is 5.92 Å². The number of hydrogen-bond acceptors (Lipinski definition) is 5. The highest BCUT2D eigenvalue weighted by atomic mass is 32.2. The predicted octanol–water partition coefficient (Wildman–Crippen LogP) is 5.64. The van der Waals surface area contributed by atoms with E-state index in [1.165, 1.54) is 53.4 Å². The quantitative estimate of drug-likeness (QED) is 0.222. The van der Waals surface area contributed by atoms with E-state index in [0.717, 1.165) is 17.5 Å². The topological polar surface area (TPSA) is 113 Å². The Labute approximate surface area is 252 Å². The Bertz CT molecular complexity index is 1790. The van der Waals surface area contributed by atoms with Gasteiger partial charge in [-0.2, -0.15) is 13.2 Å². The summed E-state index contributed by atoms with van der Waals surface area (Å²) < 4.78 is 68.4. The lowest BCUT2D eigenvalue weighted by Gasteiger charge is -2.25. The normalized spacial score (nSPS) is 12.4. The molecular formula is C32H30F3N3O5S. The Hall–Kier alpha value is -4.71. The molecule has 0 aliphatic heterocycles. The molecule has 0 spiro atoms. The largest absolute Gasteiger partial charge is 0.417 e. The van der Waals surface area contributed by atoms with Crippen molar-refractivity contribution in [1.82, 2.24) is 9.62 Å². The van der Waals surface area contributed by atoms with Gasteiger partial charge in [-0.25, -0.2) is 13.1 Å². The maximum atomic E-state index is 13.4. The summed E-state index contributed by atoms with van der Waals surface area (Å²) in [6, 6.07) is 21.8.